The second-order valence-corrected chi connectivity index (χ2v) is 5.16. The second-order valence-electron chi connectivity index (χ2n) is 3.39. The Morgan fingerprint density at radius 2 is 2.12 bits per heavy atom. The third-order valence-electron chi connectivity index (χ3n) is 2.26. The summed E-state index contributed by atoms with van der Waals surface area (Å²) in [6, 6.07) is 3.63. The molecule has 1 aliphatic rings. The lowest BCUT2D eigenvalue weighted by Gasteiger charge is -2.20. The van der Waals surface area contributed by atoms with Crippen LogP contribution in [0.3, 0.4) is 0 Å². The van der Waals surface area contributed by atoms with Gasteiger partial charge in [-0.05, 0) is 35.0 Å². The van der Waals surface area contributed by atoms with Gasteiger partial charge in [-0.25, -0.2) is 0 Å². The summed E-state index contributed by atoms with van der Waals surface area (Å²) < 4.78 is 7.14. The molecule has 0 saturated carbocycles. The molecule has 0 amide bonds. The maximum Gasteiger partial charge on any atom is 0.286 e. The minimum atomic E-state index is -0.542. The number of nitrogens with zero attached hydrogens (tertiary/aromatic N) is 1. The van der Waals surface area contributed by atoms with Gasteiger partial charge < -0.3 is 4.74 Å². The number of hydrogen-bond donors (Lipinski definition) is 0. The molecule has 1 unspecified atom stereocenters. The first-order valence-corrected chi connectivity index (χ1v) is 6.09. The van der Waals surface area contributed by atoms with Crippen molar-refractivity contribution in [2.45, 2.75) is 13.0 Å². The van der Waals surface area contributed by atoms with Crippen LogP contribution >= 0.6 is 31.9 Å². The highest BCUT2D eigenvalue weighted by Crippen LogP contribution is 2.38. The first-order valence-electron chi connectivity index (χ1n) is 4.50. The van der Waals surface area contributed by atoms with Crippen LogP contribution in [0.15, 0.2) is 26.8 Å². The molecule has 2 rings (SSSR count). The fraction of sp³-hybridized carbons (Fsp3) is 0.200. The summed E-state index contributed by atoms with van der Waals surface area (Å²) in [5, 5.41) is 10.8. The first kappa shape index (κ1) is 11.6. The molecule has 0 N–H and O–H groups in total. The van der Waals surface area contributed by atoms with Gasteiger partial charge in [-0.1, -0.05) is 15.9 Å². The van der Waals surface area contributed by atoms with Crippen LogP contribution in [0.25, 0.3) is 6.08 Å². The van der Waals surface area contributed by atoms with Crippen LogP contribution in [0, 0.1) is 10.1 Å². The summed E-state index contributed by atoms with van der Waals surface area (Å²) in [5.74, 6) is 0.640. The van der Waals surface area contributed by atoms with Crippen molar-refractivity contribution in [1.29, 1.82) is 0 Å². The van der Waals surface area contributed by atoms with E-state index in [4.69, 9.17) is 4.74 Å². The fourth-order valence-electron chi connectivity index (χ4n) is 1.53. The lowest BCUT2D eigenvalue weighted by atomic mass is 10.1. The van der Waals surface area contributed by atoms with Crippen LogP contribution in [-0.4, -0.2) is 11.0 Å². The Kier molecular flexibility index (Phi) is 3.03. The van der Waals surface area contributed by atoms with Gasteiger partial charge >= 0.3 is 0 Å². The predicted molar refractivity (Wildman–Crippen MR) is 66.9 cm³/mol. The molecule has 1 aromatic carbocycles. The number of rotatable bonds is 1. The van der Waals surface area contributed by atoms with Crippen molar-refractivity contribution in [3.8, 4) is 5.75 Å². The summed E-state index contributed by atoms with van der Waals surface area (Å²) in [6.45, 7) is 1.66. The number of hydrogen-bond acceptors (Lipinski definition) is 3. The van der Waals surface area contributed by atoms with Crippen LogP contribution in [0.2, 0.25) is 0 Å². The van der Waals surface area contributed by atoms with Crippen molar-refractivity contribution in [1.82, 2.24) is 0 Å². The summed E-state index contributed by atoms with van der Waals surface area (Å²) in [6.07, 6.45) is 0.999. The number of fused-ring (bicyclic) bond motifs is 1. The topological polar surface area (TPSA) is 52.4 Å². The molecule has 1 heterocycles. The minimum Gasteiger partial charge on any atom is -0.478 e. The third kappa shape index (κ3) is 1.99. The third-order valence-corrected chi connectivity index (χ3v) is 3.31. The number of benzene rings is 1. The predicted octanol–water partition coefficient (Wildman–Crippen LogP) is 3.61. The maximum absolute atomic E-state index is 10.8. The van der Waals surface area contributed by atoms with Gasteiger partial charge in [0.05, 0.1) is 9.40 Å². The summed E-state index contributed by atoms with van der Waals surface area (Å²) in [7, 11) is 0. The summed E-state index contributed by atoms with van der Waals surface area (Å²) in [5.41, 5.74) is 0.767. The molecule has 1 aromatic rings. The second kappa shape index (κ2) is 4.18. The van der Waals surface area contributed by atoms with E-state index in [1.54, 1.807) is 19.1 Å². The van der Waals surface area contributed by atoms with Crippen LogP contribution in [0.4, 0.5) is 0 Å². The molecular formula is C10H7Br2NO3. The lowest BCUT2D eigenvalue weighted by molar-refractivity contribution is -0.433. The van der Waals surface area contributed by atoms with Gasteiger partial charge in [0.1, 0.15) is 5.75 Å². The molecule has 4 nitrogen and oxygen atoms in total. The van der Waals surface area contributed by atoms with Crippen molar-refractivity contribution >= 4 is 37.9 Å². The van der Waals surface area contributed by atoms with E-state index in [0.717, 1.165) is 8.95 Å². The lowest BCUT2D eigenvalue weighted by Crippen LogP contribution is -2.23. The molecule has 6 heteroatoms. The van der Waals surface area contributed by atoms with Gasteiger partial charge in [0.2, 0.25) is 0 Å². The van der Waals surface area contributed by atoms with Crippen molar-refractivity contribution in [3.63, 3.8) is 0 Å². The normalized spacial score (nSPS) is 18.4. The van der Waals surface area contributed by atoms with E-state index in [1.807, 2.05) is 6.07 Å². The van der Waals surface area contributed by atoms with Gasteiger partial charge in [-0.2, -0.15) is 0 Å². The zero-order valence-corrected chi connectivity index (χ0v) is 11.4. The number of ether oxygens (including phenoxy) is 1. The Morgan fingerprint density at radius 1 is 1.44 bits per heavy atom. The number of nitro groups is 1. The summed E-state index contributed by atoms with van der Waals surface area (Å²) in [4.78, 5) is 10.4. The van der Waals surface area contributed by atoms with E-state index < -0.39 is 11.0 Å². The molecule has 1 aliphatic heterocycles. The van der Waals surface area contributed by atoms with Gasteiger partial charge in [-0.15, -0.1) is 0 Å². The molecule has 0 aromatic heterocycles. The summed E-state index contributed by atoms with van der Waals surface area (Å²) >= 11 is 6.69. The van der Waals surface area contributed by atoms with E-state index in [0.29, 0.717) is 11.3 Å². The van der Waals surface area contributed by atoms with Gasteiger partial charge in [0.15, 0.2) is 6.10 Å². The largest absolute Gasteiger partial charge is 0.478 e. The van der Waals surface area contributed by atoms with Crippen LogP contribution in [0.5, 0.6) is 5.75 Å². The molecule has 0 radical (unpaired) electrons. The Morgan fingerprint density at radius 3 is 2.75 bits per heavy atom. The Hall–Kier alpha value is -0.880. The molecule has 0 spiro atoms. The molecule has 84 valence electrons. The van der Waals surface area contributed by atoms with Crippen molar-refractivity contribution in [3.05, 3.63) is 42.5 Å². The van der Waals surface area contributed by atoms with Crippen molar-refractivity contribution in [2.24, 2.45) is 0 Å². The number of halogens is 2. The molecule has 0 bridgehead atoms. The quantitative estimate of drug-likeness (QED) is 0.575. The first-order chi connectivity index (χ1) is 7.49. The monoisotopic (exact) mass is 347 g/mol. The molecule has 0 fully saturated rings. The zero-order chi connectivity index (χ0) is 11.9. The highest BCUT2D eigenvalue weighted by atomic mass is 79.9. The average molecular weight is 349 g/mol. The van der Waals surface area contributed by atoms with Gasteiger partial charge in [0.25, 0.3) is 5.70 Å². The van der Waals surface area contributed by atoms with Crippen LogP contribution in [0.1, 0.15) is 12.5 Å². The molecule has 0 saturated heterocycles. The van der Waals surface area contributed by atoms with E-state index >= 15 is 0 Å². The SMILES string of the molecule is CC1Oc2c(Br)cc(Br)cc2C=C1[N+](=O)[O-]. The van der Waals surface area contributed by atoms with Gasteiger partial charge in [-0.3, -0.25) is 10.1 Å². The standard InChI is InChI=1S/C10H7Br2NO3/c1-5-9(13(14)15)3-6-2-7(11)4-8(12)10(6)16-5/h2-5H,1H3. The van der Waals surface area contributed by atoms with Crippen LogP contribution in [-0.2, 0) is 0 Å². The smallest absolute Gasteiger partial charge is 0.286 e. The minimum absolute atomic E-state index is 0.0671. The average Bonchev–Trinajstić information content (AvgIpc) is 2.18. The molecular weight excluding hydrogens is 342 g/mol. The highest BCUT2D eigenvalue weighted by molar-refractivity contribution is 9.11. The maximum atomic E-state index is 10.8. The van der Waals surface area contributed by atoms with Gasteiger partial charge in [0, 0.05) is 16.1 Å². The van der Waals surface area contributed by atoms with E-state index in [1.165, 1.54) is 0 Å². The Labute approximate surface area is 109 Å². The highest BCUT2D eigenvalue weighted by Gasteiger charge is 2.29. The van der Waals surface area contributed by atoms with Crippen molar-refractivity contribution < 1.29 is 9.66 Å². The van der Waals surface area contributed by atoms with E-state index in [2.05, 4.69) is 31.9 Å². The van der Waals surface area contributed by atoms with E-state index in [-0.39, 0.29) is 5.70 Å². The Bertz CT molecular complexity index is 499. The van der Waals surface area contributed by atoms with E-state index in [9.17, 15) is 10.1 Å². The fourth-order valence-corrected chi connectivity index (χ4v) is 2.88. The molecule has 16 heavy (non-hydrogen) atoms. The molecule has 1 atom stereocenters. The zero-order valence-electron chi connectivity index (χ0n) is 8.24. The van der Waals surface area contributed by atoms with Crippen LogP contribution < -0.4 is 4.74 Å². The van der Waals surface area contributed by atoms with Crippen molar-refractivity contribution in [2.75, 3.05) is 0 Å². The Balaban J connectivity index is 2.59. The molecule has 0 aliphatic carbocycles.